The van der Waals surface area contributed by atoms with Gasteiger partial charge in [0.05, 0.1) is 11.9 Å². The third-order valence-corrected chi connectivity index (χ3v) is 7.13. The molecule has 34 heavy (non-hydrogen) atoms. The Morgan fingerprint density at radius 1 is 1.15 bits per heavy atom. The van der Waals surface area contributed by atoms with E-state index in [1.54, 1.807) is 31.2 Å². The van der Waals surface area contributed by atoms with Gasteiger partial charge in [0.2, 0.25) is 21.8 Å². The third-order valence-electron chi connectivity index (χ3n) is 5.21. The molecular formula is C24H31BrClN3O4S. The molecular weight excluding hydrogens is 542 g/mol. The lowest BCUT2D eigenvalue weighted by Gasteiger charge is -2.29. The van der Waals surface area contributed by atoms with Crippen LogP contribution < -0.4 is 9.62 Å². The summed E-state index contributed by atoms with van der Waals surface area (Å²) in [5, 5.41) is 3.27. The van der Waals surface area contributed by atoms with E-state index in [1.807, 2.05) is 31.2 Å². The highest BCUT2D eigenvalue weighted by molar-refractivity contribution is 9.10. The summed E-state index contributed by atoms with van der Waals surface area (Å²) in [4.78, 5) is 27.4. The van der Waals surface area contributed by atoms with Gasteiger partial charge < -0.3 is 10.2 Å². The number of rotatable bonds is 12. The van der Waals surface area contributed by atoms with Crippen LogP contribution in [-0.4, -0.2) is 50.5 Å². The maximum absolute atomic E-state index is 13.2. The Kier molecular flexibility index (Phi) is 10.9. The fourth-order valence-corrected chi connectivity index (χ4v) is 5.03. The molecule has 0 radical (unpaired) electrons. The molecule has 10 heteroatoms. The van der Waals surface area contributed by atoms with Crippen molar-refractivity contribution in [3.05, 3.63) is 63.6 Å². The lowest BCUT2D eigenvalue weighted by molar-refractivity contribution is -0.140. The van der Waals surface area contributed by atoms with Crippen molar-refractivity contribution in [1.29, 1.82) is 0 Å². The van der Waals surface area contributed by atoms with E-state index < -0.39 is 16.1 Å². The summed E-state index contributed by atoms with van der Waals surface area (Å²) in [5.74, 6) is -0.444. The third kappa shape index (κ3) is 8.60. The molecule has 1 atom stereocenters. The lowest BCUT2D eigenvalue weighted by atomic mass is 10.1. The van der Waals surface area contributed by atoms with Crippen molar-refractivity contribution in [3.63, 3.8) is 0 Å². The summed E-state index contributed by atoms with van der Waals surface area (Å²) in [6, 6.07) is 13.5. The molecule has 2 amide bonds. The van der Waals surface area contributed by atoms with Crippen molar-refractivity contribution in [2.24, 2.45) is 0 Å². The van der Waals surface area contributed by atoms with E-state index in [2.05, 4.69) is 21.2 Å². The number of hydrogen-bond acceptors (Lipinski definition) is 4. The van der Waals surface area contributed by atoms with E-state index in [-0.39, 0.29) is 37.7 Å². The maximum atomic E-state index is 13.2. The fraction of sp³-hybridized carbons (Fsp3) is 0.417. The summed E-state index contributed by atoms with van der Waals surface area (Å²) in [6.45, 7) is 4.58. The van der Waals surface area contributed by atoms with E-state index >= 15 is 0 Å². The van der Waals surface area contributed by atoms with E-state index in [1.165, 1.54) is 9.21 Å². The first kappa shape index (κ1) is 28.1. The predicted molar refractivity (Wildman–Crippen MR) is 140 cm³/mol. The average molecular weight is 573 g/mol. The van der Waals surface area contributed by atoms with E-state index in [0.717, 1.165) is 22.7 Å². The number of sulfonamides is 1. The number of amides is 2. The normalized spacial score (nSPS) is 12.1. The van der Waals surface area contributed by atoms with Gasteiger partial charge in [-0.15, -0.1) is 0 Å². The van der Waals surface area contributed by atoms with Crippen LogP contribution >= 0.6 is 27.5 Å². The van der Waals surface area contributed by atoms with Gasteiger partial charge in [-0.25, -0.2) is 8.42 Å². The Morgan fingerprint density at radius 2 is 1.85 bits per heavy atom. The first-order chi connectivity index (χ1) is 16.0. The summed E-state index contributed by atoms with van der Waals surface area (Å²) in [7, 11) is -3.57. The molecule has 7 nitrogen and oxygen atoms in total. The number of carbonyl (C=O) groups is 2. The molecule has 0 unspecified atom stereocenters. The van der Waals surface area contributed by atoms with E-state index in [4.69, 9.17) is 11.6 Å². The molecule has 2 rings (SSSR count). The van der Waals surface area contributed by atoms with Crippen LogP contribution in [-0.2, 0) is 26.2 Å². The summed E-state index contributed by atoms with van der Waals surface area (Å²) in [6.07, 6.45) is 2.29. The van der Waals surface area contributed by atoms with Gasteiger partial charge in [-0.2, -0.15) is 0 Å². The Bertz CT molecular complexity index is 1100. The highest BCUT2D eigenvalue weighted by Gasteiger charge is 2.26. The maximum Gasteiger partial charge on any atom is 0.242 e. The Hall–Kier alpha value is -2.10. The highest BCUT2D eigenvalue weighted by atomic mass is 79.9. The molecule has 0 aliphatic carbocycles. The van der Waals surface area contributed by atoms with Crippen molar-refractivity contribution in [2.45, 2.75) is 45.7 Å². The highest BCUT2D eigenvalue weighted by Crippen LogP contribution is 2.23. The summed E-state index contributed by atoms with van der Waals surface area (Å²) < 4.78 is 26.8. The number of nitrogens with one attached hydrogen (secondary N) is 1. The molecule has 186 valence electrons. The SMILES string of the molecule is CCCNC(=O)[C@H](C)N(Cc1cccc(Br)c1)C(=O)CCCN(c1cccc(Cl)c1)S(C)(=O)=O. The molecule has 0 spiro atoms. The number of benzene rings is 2. The quantitative estimate of drug-likeness (QED) is 0.403. The minimum Gasteiger partial charge on any atom is -0.354 e. The first-order valence-corrected chi connectivity index (χ1v) is 14.1. The van der Waals surface area contributed by atoms with Crippen LogP contribution in [0, 0.1) is 0 Å². The van der Waals surface area contributed by atoms with Crippen LogP contribution in [0.5, 0.6) is 0 Å². The number of hydrogen-bond donors (Lipinski definition) is 1. The van der Waals surface area contributed by atoms with Crippen LogP contribution in [0.3, 0.4) is 0 Å². The van der Waals surface area contributed by atoms with Gasteiger partial charge in [-0.3, -0.25) is 13.9 Å². The molecule has 0 aromatic heterocycles. The molecule has 0 saturated carbocycles. The van der Waals surface area contributed by atoms with Crippen LogP contribution in [0.2, 0.25) is 5.02 Å². The molecule has 0 fully saturated rings. The standard InChI is InChI=1S/C24H31BrClN3O4S/c1-4-13-27-24(31)18(2)28(17-19-8-5-9-20(25)15-19)23(30)12-7-14-29(34(3,32)33)22-11-6-10-21(26)16-22/h5-6,8-11,15-16,18H,4,7,12-14,17H2,1-3H3,(H,27,31)/t18-/m0/s1. The van der Waals surface area contributed by atoms with Gasteiger partial charge in [0.15, 0.2) is 0 Å². The second-order valence-corrected chi connectivity index (χ2v) is 11.3. The Morgan fingerprint density at radius 3 is 2.47 bits per heavy atom. The second kappa shape index (κ2) is 13.1. The Labute approximate surface area is 215 Å². The van der Waals surface area contributed by atoms with Gasteiger partial charge in [-0.1, -0.05) is 52.7 Å². The summed E-state index contributed by atoms with van der Waals surface area (Å²) in [5.41, 5.74) is 1.33. The molecule has 0 aliphatic rings. The van der Waals surface area contributed by atoms with Gasteiger partial charge in [0.25, 0.3) is 0 Å². The van der Waals surface area contributed by atoms with Crippen LogP contribution in [0.1, 0.15) is 38.7 Å². The smallest absolute Gasteiger partial charge is 0.242 e. The van der Waals surface area contributed by atoms with Gasteiger partial charge >= 0.3 is 0 Å². The van der Waals surface area contributed by atoms with Gasteiger partial charge in [0, 0.05) is 35.6 Å². The molecule has 1 N–H and O–H groups in total. The number of halogens is 2. The summed E-state index contributed by atoms with van der Waals surface area (Å²) >= 11 is 9.47. The van der Waals surface area contributed by atoms with E-state index in [0.29, 0.717) is 17.3 Å². The zero-order valence-electron chi connectivity index (χ0n) is 19.6. The molecule has 0 heterocycles. The molecule has 0 saturated heterocycles. The molecule has 2 aromatic carbocycles. The minimum atomic E-state index is -3.57. The van der Waals surface area contributed by atoms with Gasteiger partial charge in [-0.05, 0) is 55.7 Å². The first-order valence-electron chi connectivity index (χ1n) is 11.1. The molecule has 2 aromatic rings. The largest absolute Gasteiger partial charge is 0.354 e. The number of nitrogens with zero attached hydrogens (tertiary/aromatic N) is 2. The van der Waals surface area contributed by atoms with Gasteiger partial charge in [0.1, 0.15) is 6.04 Å². The average Bonchev–Trinajstić information content (AvgIpc) is 2.77. The molecule has 0 aliphatic heterocycles. The van der Waals surface area contributed by atoms with Crippen molar-refractivity contribution < 1.29 is 18.0 Å². The monoisotopic (exact) mass is 571 g/mol. The van der Waals surface area contributed by atoms with Crippen LogP contribution in [0.15, 0.2) is 53.0 Å². The number of carbonyl (C=O) groups excluding carboxylic acids is 2. The lowest BCUT2D eigenvalue weighted by Crippen LogP contribution is -2.47. The predicted octanol–water partition coefficient (Wildman–Crippen LogP) is 4.59. The van der Waals surface area contributed by atoms with Crippen molar-refractivity contribution in [1.82, 2.24) is 10.2 Å². The molecule has 0 bridgehead atoms. The fourth-order valence-electron chi connectivity index (χ4n) is 3.45. The van der Waals surface area contributed by atoms with Crippen molar-refractivity contribution >= 4 is 55.1 Å². The topological polar surface area (TPSA) is 86.8 Å². The zero-order valence-corrected chi connectivity index (χ0v) is 22.8. The number of anilines is 1. The minimum absolute atomic E-state index is 0.0893. The Balaban J connectivity index is 2.15. The van der Waals surface area contributed by atoms with E-state index in [9.17, 15) is 18.0 Å². The van der Waals surface area contributed by atoms with Crippen LogP contribution in [0.4, 0.5) is 5.69 Å². The van der Waals surface area contributed by atoms with Crippen molar-refractivity contribution in [3.8, 4) is 0 Å². The van der Waals surface area contributed by atoms with Crippen LogP contribution in [0.25, 0.3) is 0 Å². The van der Waals surface area contributed by atoms with Crippen molar-refractivity contribution in [2.75, 3.05) is 23.7 Å². The zero-order chi connectivity index (χ0) is 25.3. The second-order valence-electron chi connectivity index (χ2n) is 8.04.